The average molecular weight is 348 g/mol. The third kappa shape index (κ3) is 3.11. The molecule has 1 aromatic heterocycles. The average Bonchev–Trinajstić information content (AvgIpc) is 2.88. The van der Waals surface area contributed by atoms with Gasteiger partial charge in [-0.25, -0.2) is 0 Å². The van der Waals surface area contributed by atoms with Crippen molar-refractivity contribution < 1.29 is 0 Å². The van der Waals surface area contributed by atoms with E-state index in [4.69, 9.17) is 11.6 Å². The molecule has 0 fully saturated rings. The van der Waals surface area contributed by atoms with Gasteiger partial charge < -0.3 is 0 Å². The lowest BCUT2D eigenvalue weighted by atomic mass is 10.1. The molecular weight excluding hydrogens is 336 g/mol. The van der Waals surface area contributed by atoms with Gasteiger partial charge in [-0.1, -0.05) is 51.8 Å². The minimum Gasteiger partial charge on any atom is -0.268 e. The topological polar surface area (TPSA) is 17.8 Å². The second-order valence-corrected chi connectivity index (χ2v) is 5.92. The van der Waals surface area contributed by atoms with Gasteiger partial charge in [0.15, 0.2) is 0 Å². The van der Waals surface area contributed by atoms with Crippen LogP contribution in [0.1, 0.15) is 5.56 Å². The van der Waals surface area contributed by atoms with Crippen LogP contribution in [0, 0.1) is 0 Å². The third-order valence-corrected chi connectivity index (χ3v) is 3.79. The Morgan fingerprint density at radius 2 is 1.85 bits per heavy atom. The molecule has 2 aromatic carbocycles. The highest BCUT2D eigenvalue weighted by Crippen LogP contribution is 2.21. The summed E-state index contributed by atoms with van der Waals surface area (Å²) in [5, 5.41) is 5.15. The molecule has 0 saturated carbocycles. The molecule has 0 aliphatic heterocycles. The van der Waals surface area contributed by atoms with Gasteiger partial charge in [-0.15, -0.1) is 0 Å². The van der Waals surface area contributed by atoms with Crippen molar-refractivity contribution in [2.24, 2.45) is 0 Å². The second-order valence-electron chi connectivity index (χ2n) is 4.56. The number of rotatable bonds is 3. The van der Waals surface area contributed by atoms with E-state index in [0.29, 0.717) is 0 Å². The number of halogens is 2. The van der Waals surface area contributed by atoms with Gasteiger partial charge in [0.1, 0.15) is 0 Å². The van der Waals surface area contributed by atoms with Gasteiger partial charge in [0.25, 0.3) is 0 Å². The number of nitrogens with zero attached hydrogens (tertiary/aromatic N) is 2. The van der Waals surface area contributed by atoms with E-state index < -0.39 is 0 Å². The molecule has 2 nitrogen and oxygen atoms in total. The predicted octanol–water partition coefficient (Wildman–Crippen LogP) is 5.01. The SMILES string of the molecule is Clc1ccc(-c2cnn(Cc3cccc(Br)c3)c2)cc1. The summed E-state index contributed by atoms with van der Waals surface area (Å²) in [4.78, 5) is 0. The van der Waals surface area contributed by atoms with Crippen molar-refractivity contribution in [3.05, 3.63) is 76.0 Å². The first-order chi connectivity index (χ1) is 9.70. The molecule has 100 valence electrons. The first-order valence-electron chi connectivity index (χ1n) is 6.23. The van der Waals surface area contributed by atoms with Crippen molar-refractivity contribution in [1.29, 1.82) is 0 Å². The summed E-state index contributed by atoms with van der Waals surface area (Å²) in [6.45, 7) is 0.757. The van der Waals surface area contributed by atoms with E-state index in [0.717, 1.165) is 27.2 Å². The first-order valence-corrected chi connectivity index (χ1v) is 7.41. The summed E-state index contributed by atoms with van der Waals surface area (Å²) in [5.74, 6) is 0. The molecule has 0 aliphatic carbocycles. The molecule has 1 heterocycles. The van der Waals surface area contributed by atoms with Gasteiger partial charge in [-0.2, -0.15) is 5.10 Å². The van der Waals surface area contributed by atoms with Gasteiger partial charge in [0, 0.05) is 21.3 Å². The van der Waals surface area contributed by atoms with E-state index in [1.54, 1.807) is 0 Å². The summed E-state index contributed by atoms with van der Waals surface area (Å²) in [5.41, 5.74) is 3.43. The van der Waals surface area contributed by atoms with Crippen LogP contribution in [0.2, 0.25) is 5.02 Å². The van der Waals surface area contributed by atoms with Gasteiger partial charge in [0.05, 0.1) is 12.7 Å². The zero-order valence-corrected chi connectivity index (χ0v) is 13.0. The molecule has 0 bridgehead atoms. The van der Waals surface area contributed by atoms with Crippen LogP contribution < -0.4 is 0 Å². The van der Waals surface area contributed by atoms with Gasteiger partial charge in [-0.3, -0.25) is 4.68 Å². The Bertz CT molecular complexity index is 719. The maximum absolute atomic E-state index is 5.90. The molecule has 0 spiro atoms. The molecule has 0 atom stereocenters. The van der Waals surface area contributed by atoms with E-state index >= 15 is 0 Å². The highest BCUT2D eigenvalue weighted by atomic mass is 79.9. The Balaban J connectivity index is 1.82. The summed E-state index contributed by atoms with van der Waals surface area (Å²) in [6, 6.07) is 16.0. The predicted molar refractivity (Wildman–Crippen MR) is 85.9 cm³/mol. The zero-order valence-electron chi connectivity index (χ0n) is 10.6. The molecule has 3 rings (SSSR count). The van der Waals surface area contributed by atoms with E-state index in [1.165, 1.54) is 5.56 Å². The van der Waals surface area contributed by atoms with E-state index in [1.807, 2.05) is 53.5 Å². The summed E-state index contributed by atoms with van der Waals surface area (Å²) in [6.07, 6.45) is 3.92. The maximum Gasteiger partial charge on any atom is 0.0660 e. The van der Waals surface area contributed by atoms with Crippen LogP contribution in [0.3, 0.4) is 0 Å². The highest BCUT2D eigenvalue weighted by molar-refractivity contribution is 9.10. The molecule has 0 radical (unpaired) electrons. The van der Waals surface area contributed by atoms with Crippen molar-refractivity contribution in [2.45, 2.75) is 6.54 Å². The molecule has 0 aliphatic rings. The van der Waals surface area contributed by atoms with Crippen LogP contribution in [0.5, 0.6) is 0 Å². The largest absolute Gasteiger partial charge is 0.268 e. The smallest absolute Gasteiger partial charge is 0.0660 e. The normalized spacial score (nSPS) is 10.7. The number of hydrogen-bond donors (Lipinski definition) is 0. The Labute approximate surface area is 131 Å². The Morgan fingerprint density at radius 1 is 1.05 bits per heavy atom. The summed E-state index contributed by atoms with van der Waals surface area (Å²) < 4.78 is 3.02. The van der Waals surface area contributed by atoms with Crippen molar-refractivity contribution in [3.63, 3.8) is 0 Å². The molecule has 0 unspecified atom stereocenters. The van der Waals surface area contributed by atoms with Crippen LogP contribution in [0.15, 0.2) is 65.4 Å². The molecule has 0 amide bonds. The summed E-state index contributed by atoms with van der Waals surface area (Å²) >= 11 is 9.38. The Morgan fingerprint density at radius 3 is 2.60 bits per heavy atom. The van der Waals surface area contributed by atoms with Crippen molar-refractivity contribution in [3.8, 4) is 11.1 Å². The first kappa shape index (κ1) is 13.4. The molecule has 3 aromatic rings. The van der Waals surface area contributed by atoms with Gasteiger partial charge in [-0.05, 0) is 35.4 Å². The zero-order chi connectivity index (χ0) is 13.9. The lowest BCUT2D eigenvalue weighted by Gasteiger charge is -2.02. The van der Waals surface area contributed by atoms with E-state index in [2.05, 4.69) is 33.2 Å². The lowest BCUT2D eigenvalue weighted by Crippen LogP contribution is -1.99. The fourth-order valence-electron chi connectivity index (χ4n) is 2.06. The quantitative estimate of drug-likeness (QED) is 0.651. The van der Waals surface area contributed by atoms with E-state index in [-0.39, 0.29) is 0 Å². The minimum atomic E-state index is 0.746. The van der Waals surface area contributed by atoms with E-state index in [9.17, 15) is 0 Å². The monoisotopic (exact) mass is 346 g/mol. The Kier molecular flexibility index (Phi) is 3.90. The van der Waals surface area contributed by atoms with Crippen LogP contribution >= 0.6 is 27.5 Å². The van der Waals surface area contributed by atoms with Crippen LogP contribution in [-0.2, 0) is 6.54 Å². The number of hydrogen-bond acceptors (Lipinski definition) is 1. The lowest BCUT2D eigenvalue weighted by molar-refractivity contribution is 0.687. The standard InChI is InChI=1S/C16H12BrClN2/c17-15-3-1-2-12(8-15)10-20-11-14(9-19-20)13-4-6-16(18)7-5-13/h1-9,11H,10H2. The summed E-state index contributed by atoms with van der Waals surface area (Å²) in [7, 11) is 0. The molecular formula is C16H12BrClN2. The van der Waals surface area contributed by atoms with Crippen LogP contribution in [-0.4, -0.2) is 9.78 Å². The second kappa shape index (κ2) is 5.81. The van der Waals surface area contributed by atoms with Crippen molar-refractivity contribution in [1.82, 2.24) is 9.78 Å². The van der Waals surface area contributed by atoms with Crippen LogP contribution in [0.4, 0.5) is 0 Å². The van der Waals surface area contributed by atoms with Gasteiger partial charge >= 0.3 is 0 Å². The third-order valence-electron chi connectivity index (χ3n) is 3.04. The molecule has 0 N–H and O–H groups in total. The maximum atomic E-state index is 5.90. The fourth-order valence-corrected chi connectivity index (χ4v) is 2.64. The van der Waals surface area contributed by atoms with Gasteiger partial charge in [0.2, 0.25) is 0 Å². The molecule has 4 heteroatoms. The van der Waals surface area contributed by atoms with Crippen molar-refractivity contribution in [2.75, 3.05) is 0 Å². The van der Waals surface area contributed by atoms with Crippen molar-refractivity contribution >= 4 is 27.5 Å². The Hall–Kier alpha value is -1.58. The van der Waals surface area contributed by atoms with Crippen LogP contribution in [0.25, 0.3) is 11.1 Å². The molecule has 0 saturated heterocycles. The number of aromatic nitrogens is 2. The molecule has 20 heavy (non-hydrogen) atoms. The highest BCUT2D eigenvalue weighted by Gasteiger charge is 2.03. The minimum absolute atomic E-state index is 0.746. The fraction of sp³-hybridized carbons (Fsp3) is 0.0625. The number of benzene rings is 2.